The Labute approximate surface area is 231 Å². The molecule has 0 radical (unpaired) electrons. The van der Waals surface area contributed by atoms with Crippen molar-refractivity contribution >= 4 is 33.3 Å². The van der Waals surface area contributed by atoms with Crippen molar-refractivity contribution in [1.82, 2.24) is 29.6 Å². The zero-order valence-corrected chi connectivity index (χ0v) is 24.6. The zero-order valence-electron chi connectivity index (χ0n) is 23.8. The monoisotopic (exact) mass is 540 g/mol. The third-order valence-corrected chi connectivity index (χ3v) is 8.30. The van der Waals surface area contributed by atoms with Crippen molar-refractivity contribution in [1.29, 1.82) is 0 Å². The number of nitrogens with two attached hydrogens (primary N) is 1. The van der Waals surface area contributed by atoms with Crippen LogP contribution in [-0.4, -0.2) is 111 Å². The molecule has 3 N–H and O–H groups in total. The van der Waals surface area contributed by atoms with Gasteiger partial charge in [-0.05, 0) is 91.1 Å². The first kappa shape index (κ1) is 28.5. The zero-order chi connectivity index (χ0) is 27.2. The predicted molar refractivity (Wildman–Crippen MR) is 159 cm³/mol. The predicted octanol–water partition coefficient (Wildman–Crippen LogP) is 3.45. The van der Waals surface area contributed by atoms with Gasteiger partial charge in [-0.1, -0.05) is 18.2 Å². The van der Waals surface area contributed by atoms with Crippen molar-refractivity contribution < 1.29 is 4.74 Å². The van der Waals surface area contributed by atoms with Gasteiger partial charge in [-0.3, -0.25) is 14.7 Å². The highest BCUT2D eigenvalue weighted by Crippen LogP contribution is 2.38. The van der Waals surface area contributed by atoms with Gasteiger partial charge in [0, 0.05) is 25.2 Å². The number of thiophene rings is 1. The first-order chi connectivity index (χ1) is 18.2. The molecule has 1 aromatic carbocycles. The largest absolute Gasteiger partial charge is 0.490 e. The van der Waals surface area contributed by atoms with E-state index in [9.17, 15) is 0 Å². The van der Waals surface area contributed by atoms with Crippen LogP contribution < -0.4 is 15.8 Å². The summed E-state index contributed by atoms with van der Waals surface area (Å²) in [5, 5.41) is 5.58. The molecule has 0 amide bonds. The van der Waals surface area contributed by atoms with Crippen LogP contribution in [-0.2, 0) is 6.54 Å². The molecule has 9 nitrogen and oxygen atoms in total. The van der Waals surface area contributed by atoms with Crippen LogP contribution >= 0.6 is 11.3 Å². The Hall–Kier alpha value is -2.50. The first-order valence-corrected chi connectivity index (χ1v) is 14.3. The molecule has 0 bridgehead atoms. The van der Waals surface area contributed by atoms with Crippen LogP contribution in [0.5, 0.6) is 5.75 Å². The molecule has 0 spiro atoms. The molecule has 10 heteroatoms. The topological polar surface area (TPSA) is 86.0 Å². The number of hydrogen-bond donors (Lipinski definition) is 2. The molecular weight excluding hydrogens is 496 g/mol. The second kappa shape index (κ2) is 13.0. The Morgan fingerprint density at radius 1 is 1.08 bits per heavy atom. The average Bonchev–Trinajstić information content (AvgIpc) is 3.29. The van der Waals surface area contributed by atoms with Crippen molar-refractivity contribution in [2.75, 3.05) is 86.1 Å². The number of fused-ring (bicyclic) bond motifs is 1. The lowest BCUT2D eigenvalue weighted by Crippen LogP contribution is -2.44. The highest BCUT2D eigenvalue weighted by Gasteiger charge is 2.25. The number of nitrogen functional groups attached to an aromatic ring is 1. The number of hydrogen-bond acceptors (Lipinski definition) is 10. The minimum Gasteiger partial charge on any atom is -0.490 e. The number of para-hydroxylation sites is 1. The number of likely N-dealkylation sites (tertiary alicyclic amines) is 1. The number of anilines is 2. The van der Waals surface area contributed by atoms with Crippen molar-refractivity contribution in [3.8, 4) is 5.75 Å². The van der Waals surface area contributed by atoms with Crippen LogP contribution in [0.25, 0.3) is 10.2 Å². The van der Waals surface area contributed by atoms with E-state index in [1.54, 1.807) is 11.3 Å². The van der Waals surface area contributed by atoms with E-state index in [0.717, 1.165) is 61.5 Å². The molecule has 1 saturated heterocycles. The lowest BCUT2D eigenvalue weighted by Gasteiger charge is -2.33. The molecule has 1 aliphatic heterocycles. The number of ether oxygens (including phenoxy) is 1. The minimum atomic E-state index is 0.223. The molecule has 0 saturated carbocycles. The highest BCUT2D eigenvalue weighted by atomic mass is 32.1. The molecule has 1 aliphatic rings. The van der Waals surface area contributed by atoms with Gasteiger partial charge >= 0.3 is 0 Å². The summed E-state index contributed by atoms with van der Waals surface area (Å²) in [5.74, 6) is 2.65. The van der Waals surface area contributed by atoms with Crippen molar-refractivity contribution in [2.24, 2.45) is 0 Å². The summed E-state index contributed by atoms with van der Waals surface area (Å²) in [7, 11) is 12.5. The third kappa shape index (κ3) is 7.12. The lowest BCUT2D eigenvalue weighted by atomic mass is 9.90. The summed E-state index contributed by atoms with van der Waals surface area (Å²) < 4.78 is 7.31. The second-order valence-corrected chi connectivity index (χ2v) is 11.8. The van der Waals surface area contributed by atoms with E-state index in [4.69, 9.17) is 15.5 Å². The molecule has 1 fully saturated rings. The Kier molecular flexibility index (Phi) is 9.78. The maximum Gasteiger partial charge on any atom is 0.225 e. The Bertz CT molecular complexity index is 1160. The van der Waals surface area contributed by atoms with Crippen molar-refractivity contribution in [3.63, 3.8) is 0 Å². The molecule has 0 atom stereocenters. The normalized spacial score (nSPS) is 15.4. The van der Waals surface area contributed by atoms with Gasteiger partial charge in [0.25, 0.3) is 0 Å². The maximum atomic E-state index is 6.31. The summed E-state index contributed by atoms with van der Waals surface area (Å²) >= 11 is 1.67. The van der Waals surface area contributed by atoms with Gasteiger partial charge in [-0.15, -0.1) is 11.3 Å². The maximum absolute atomic E-state index is 6.31. The molecule has 4 rings (SSSR count). The van der Waals surface area contributed by atoms with Crippen LogP contribution in [0.4, 0.5) is 11.8 Å². The van der Waals surface area contributed by atoms with Gasteiger partial charge in [-0.2, -0.15) is 4.98 Å². The van der Waals surface area contributed by atoms with E-state index in [-0.39, 0.29) is 6.17 Å². The SMILES string of the molecule is CN(C)CCNc1nc(N)c2scc(C3CCN(Cc4ccccc4OCC(N(C)C)N(C)C)CC3)c2n1. The van der Waals surface area contributed by atoms with E-state index in [2.05, 4.69) is 102 Å². The standard InChI is InChI=1S/C28H44N8OS/c1-33(2)16-13-30-28-31-25-22(19-38-26(25)27(29)32-28)20-11-14-36(15-12-20)17-21-9-7-8-10-23(21)37-18-24(34(3)4)35(5)6/h7-10,19-20,24H,11-18H2,1-6H3,(H3,29,30,31,32). The quantitative estimate of drug-likeness (QED) is 0.336. The third-order valence-electron chi connectivity index (χ3n) is 7.29. The molecule has 3 aromatic rings. The van der Waals surface area contributed by atoms with Crippen molar-refractivity contribution in [3.05, 3.63) is 40.8 Å². The van der Waals surface area contributed by atoms with Crippen LogP contribution in [0, 0.1) is 0 Å². The van der Waals surface area contributed by atoms with Gasteiger partial charge < -0.3 is 20.7 Å². The van der Waals surface area contributed by atoms with E-state index < -0.39 is 0 Å². The molecule has 0 unspecified atom stereocenters. The Balaban J connectivity index is 1.38. The molecule has 38 heavy (non-hydrogen) atoms. The number of benzene rings is 1. The van der Waals surface area contributed by atoms with E-state index in [0.29, 0.717) is 24.3 Å². The van der Waals surface area contributed by atoms with Gasteiger partial charge in [0.05, 0.1) is 16.4 Å². The van der Waals surface area contributed by atoms with Gasteiger partial charge in [-0.25, -0.2) is 4.98 Å². The summed E-state index contributed by atoms with van der Waals surface area (Å²) in [4.78, 5) is 18.4. The first-order valence-electron chi connectivity index (χ1n) is 13.4. The minimum absolute atomic E-state index is 0.223. The Morgan fingerprint density at radius 2 is 1.79 bits per heavy atom. The fourth-order valence-electron chi connectivity index (χ4n) is 5.06. The fourth-order valence-corrected chi connectivity index (χ4v) is 6.05. The highest BCUT2D eigenvalue weighted by molar-refractivity contribution is 7.18. The summed E-state index contributed by atoms with van der Waals surface area (Å²) in [5.41, 5.74) is 9.89. The van der Waals surface area contributed by atoms with Gasteiger partial charge in [0.2, 0.25) is 5.95 Å². The second-order valence-electron chi connectivity index (χ2n) is 10.9. The summed E-state index contributed by atoms with van der Waals surface area (Å²) in [6, 6.07) is 8.45. The molecule has 208 valence electrons. The van der Waals surface area contributed by atoms with Gasteiger partial charge in [0.15, 0.2) is 0 Å². The molecule has 3 heterocycles. The van der Waals surface area contributed by atoms with E-state index >= 15 is 0 Å². The van der Waals surface area contributed by atoms with Crippen LogP contribution in [0.2, 0.25) is 0 Å². The smallest absolute Gasteiger partial charge is 0.225 e. The number of likely N-dealkylation sites (N-methyl/N-ethyl adjacent to an activating group) is 3. The van der Waals surface area contributed by atoms with Crippen LogP contribution in [0.3, 0.4) is 0 Å². The molecule has 2 aromatic heterocycles. The van der Waals surface area contributed by atoms with Crippen molar-refractivity contribution in [2.45, 2.75) is 31.5 Å². The van der Waals surface area contributed by atoms with Gasteiger partial charge in [0.1, 0.15) is 18.2 Å². The van der Waals surface area contributed by atoms with E-state index in [1.807, 2.05) is 0 Å². The number of piperidine rings is 1. The number of nitrogens with one attached hydrogen (secondary N) is 1. The van der Waals surface area contributed by atoms with Crippen LogP contribution in [0.1, 0.15) is 29.9 Å². The summed E-state index contributed by atoms with van der Waals surface area (Å²) in [6.45, 7) is 5.31. The van der Waals surface area contributed by atoms with Crippen LogP contribution in [0.15, 0.2) is 29.6 Å². The molecular formula is C28H44N8OS. The molecule has 0 aliphatic carbocycles. The number of aromatic nitrogens is 2. The fraction of sp³-hybridized carbons (Fsp3) is 0.571. The van der Waals surface area contributed by atoms with E-state index in [1.165, 1.54) is 11.1 Å². The number of nitrogens with zero attached hydrogens (tertiary/aromatic N) is 6. The lowest BCUT2D eigenvalue weighted by molar-refractivity contribution is 0.0741. The average molecular weight is 541 g/mol. The Morgan fingerprint density at radius 3 is 2.47 bits per heavy atom. The number of rotatable bonds is 12. The summed E-state index contributed by atoms with van der Waals surface area (Å²) in [6.07, 6.45) is 2.43.